The lowest BCUT2D eigenvalue weighted by Gasteiger charge is -2.12. The maximum Gasteiger partial charge on any atom is 0.416 e. The van der Waals surface area contributed by atoms with Gasteiger partial charge in [0, 0.05) is 24.7 Å². The fourth-order valence-corrected chi connectivity index (χ4v) is 2.67. The number of halogens is 5. The first-order chi connectivity index (χ1) is 14.3. The number of rotatable bonds is 5. The van der Waals surface area contributed by atoms with Gasteiger partial charge in [-0.3, -0.25) is 4.40 Å². The molecule has 0 N–H and O–H groups in total. The molecular weight excluding hydrogens is 409 g/mol. The van der Waals surface area contributed by atoms with Crippen LogP contribution in [0.15, 0.2) is 61.1 Å². The highest BCUT2D eigenvalue weighted by Crippen LogP contribution is 2.34. The summed E-state index contributed by atoms with van der Waals surface area (Å²) in [5.41, 5.74) is -0.848. The number of nitrogens with zero attached hydrogens (tertiary/aromatic N) is 3. The molecule has 4 aromatic rings. The Labute approximate surface area is 166 Å². The van der Waals surface area contributed by atoms with E-state index in [1.54, 1.807) is 29.1 Å². The van der Waals surface area contributed by atoms with Crippen molar-refractivity contribution in [1.29, 1.82) is 0 Å². The second-order valence-electron chi connectivity index (χ2n) is 6.21. The summed E-state index contributed by atoms with van der Waals surface area (Å²) >= 11 is 0. The van der Waals surface area contributed by atoms with Crippen LogP contribution in [0.5, 0.6) is 17.4 Å². The van der Waals surface area contributed by atoms with Gasteiger partial charge in [-0.25, -0.2) is 13.8 Å². The Morgan fingerprint density at radius 1 is 0.967 bits per heavy atom. The van der Waals surface area contributed by atoms with Crippen LogP contribution in [0.1, 0.15) is 11.1 Å². The van der Waals surface area contributed by atoms with Gasteiger partial charge in [0.2, 0.25) is 11.7 Å². The number of hydrogen-bond acceptors (Lipinski definition) is 4. The van der Waals surface area contributed by atoms with Gasteiger partial charge in [-0.05, 0) is 35.9 Å². The van der Waals surface area contributed by atoms with Crippen molar-refractivity contribution in [3.63, 3.8) is 0 Å². The molecule has 0 radical (unpaired) electrons. The molecule has 0 aliphatic heterocycles. The standard InChI is InChI=1S/C20H12F5N3O2/c21-15-8-12(11-29-17-4-6-28-7-5-26-19(28)27-17)9-16(22)18(15)30-14-3-1-2-13(10-14)20(23,24)25/h1-10H,11H2. The number of hydrogen-bond donors (Lipinski definition) is 0. The normalized spacial score (nSPS) is 11.6. The van der Waals surface area contributed by atoms with Gasteiger partial charge in [0.25, 0.3) is 0 Å². The zero-order chi connectivity index (χ0) is 21.3. The van der Waals surface area contributed by atoms with E-state index in [0.717, 1.165) is 24.3 Å². The molecule has 0 unspecified atom stereocenters. The van der Waals surface area contributed by atoms with Crippen LogP contribution in [-0.2, 0) is 12.8 Å². The van der Waals surface area contributed by atoms with Crippen LogP contribution in [0.4, 0.5) is 22.0 Å². The number of fused-ring (bicyclic) bond motifs is 1. The molecule has 5 nitrogen and oxygen atoms in total. The molecule has 0 saturated heterocycles. The van der Waals surface area contributed by atoms with Gasteiger partial charge in [-0.1, -0.05) is 6.07 Å². The highest BCUT2D eigenvalue weighted by molar-refractivity contribution is 5.38. The number of ether oxygens (including phenoxy) is 2. The van der Waals surface area contributed by atoms with Gasteiger partial charge in [-0.15, -0.1) is 0 Å². The van der Waals surface area contributed by atoms with Gasteiger partial charge >= 0.3 is 6.18 Å². The van der Waals surface area contributed by atoms with Crippen molar-refractivity contribution < 1.29 is 31.4 Å². The number of alkyl halides is 3. The van der Waals surface area contributed by atoms with Crippen molar-refractivity contribution in [2.45, 2.75) is 12.8 Å². The highest BCUT2D eigenvalue weighted by Gasteiger charge is 2.30. The molecule has 154 valence electrons. The molecule has 2 aromatic carbocycles. The Balaban J connectivity index is 1.50. The second kappa shape index (κ2) is 7.62. The van der Waals surface area contributed by atoms with E-state index in [-0.39, 0.29) is 23.8 Å². The highest BCUT2D eigenvalue weighted by atomic mass is 19.4. The predicted octanol–water partition coefficient (Wildman–Crippen LogP) is 5.40. The van der Waals surface area contributed by atoms with Crippen molar-refractivity contribution in [2.24, 2.45) is 0 Å². The SMILES string of the molecule is Fc1cc(COc2ccn3ccnc3n2)cc(F)c1Oc1cccc(C(F)(F)F)c1. The van der Waals surface area contributed by atoms with Crippen molar-refractivity contribution >= 4 is 5.78 Å². The summed E-state index contributed by atoms with van der Waals surface area (Å²) in [5.74, 6) is -2.71. The average Bonchev–Trinajstić information content (AvgIpc) is 3.16. The molecule has 0 atom stereocenters. The molecule has 2 aromatic heterocycles. The van der Waals surface area contributed by atoms with Crippen LogP contribution in [0.25, 0.3) is 5.78 Å². The minimum Gasteiger partial charge on any atom is -0.473 e. The molecule has 2 heterocycles. The first kappa shape index (κ1) is 19.6. The van der Waals surface area contributed by atoms with Crippen molar-refractivity contribution in [3.8, 4) is 17.4 Å². The second-order valence-corrected chi connectivity index (χ2v) is 6.21. The number of benzene rings is 2. The minimum absolute atomic E-state index is 0.145. The van der Waals surface area contributed by atoms with E-state index in [2.05, 4.69) is 9.97 Å². The first-order valence-electron chi connectivity index (χ1n) is 8.55. The lowest BCUT2D eigenvalue weighted by atomic mass is 10.2. The summed E-state index contributed by atoms with van der Waals surface area (Å²) in [6.07, 6.45) is 0.308. The maximum atomic E-state index is 14.4. The average molecular weight is 421 g/mol. The molecule has 0 fully saturated rings. The third kappa shape index (κ3) is 4.17. The molecule has 10 heteroatoms. The summed E-state index contributed by atoms with van der Waals surface area (Å²) in [6, 6.07) is 7.25. The summed E-state index contributed by atoms with van der Waals surface area (Å²) in [7, 11) is 0. The molecular formula is C20H12F5N3O2. The fourth-order valence-electron chi connectivity index (χ4n) is 2.67. The Kier molecular flexibility index (Phi) is 4.98. The Bertz CT molecular complexity index is 1180. The van der Waals surface area contributed by atoms with Crippen LogP contribution in [0.3, 0.4) is 0 Å². The predicted molar refractivity (Wildman–Crippen MR) is 95.2 cm³/mol. The van der Waals surface area contributed by atoms with Crippen LogP contribution < -0.4 is 9.47 Å². The Morgan fingerprint density at radius 2 is 1.73 bits per heavy atom. The zero-order valence-electron chi connectivity index (χ0n) is 15.0. The smallest absolute Gasteiger partial charge is 0.416 e. The summed E-state index contributed by atoms with van der Waals surface area (Å²) in [6.45, 7) is -0.193. The quantitative estimate of drug-likeness (QED) is 0.405. The van der Waals surface area contributed by atoms with Gasteiger partial charge in [0.05, 0.1) is 5.56 Å². The topological polar surface area (TPSA) is 48.7 Å². The summed E-state index contributed by atoms with van der Waals surface area (Å²) < 4.78 is 79.2. The summed E-state index contributed by atoms with van der Waals surface area (Å²) in [4.78, 5) is 8.12. The van der Waals surface area contributed by atoms with Crippen molar-refractivity contribution in [1.82, 2.24) is 14.4 Å². The van der Waals surface area contributed by atoms with Gasteiger partial charge in [0.1, 0.15) is 12.4 Å². The van der Waals surface area contributed by atoms with E-state index in [4.69, 9.17) is 9.47 Å². The van der Waals surface area contributed by atoms with Crippen LogP contribution in [0, 0.1) is 11.6 Å². The van der Waals surface area contributed by atoms with E-state index < -0.39 is 29.1 Å². The largest absolute Gasteiger partial charge is 0.473 e. The molecule has 0 aliphatic rings. The molecule has 0 saturated carbocycles. The number of aromatic nitrogens is 3. The lowest BCUT2D eigenvalue weighted by Crippen LogP contribution is -2.05. The minimum atomic E-state index is -4.61. The van der Waals surface area contributed by atoms with E-state index in [1.165, 1.54) is 6.07 Å². The fraction of sp³-hybridized carbons (Fsp3) is 0.100. The van der Waals surface area contributed by atoms with Crippen molar-refractivity contribution in [3.05, 3.63) is 83.8 Å². The molecule has 0 bridgehead atoms. The Morgan fingerprint density at radius 3 is 2.47 bits per heavy atom. The monoisotopic (exact) mass is 421 g/mol. The van der Waals surface area contributed by atoms with Crippen LogP contribution in [0.2, 0.25) is 0 Å². The van der Waals surface area contributed by atoms with Crippen LogP contribution >= 0.6 is 0 Å². The maximum absolute atomic E-state index is 14.4. The third-order valence-electron chi connectivity index (χ3n) is 4.06. The summed E-state index contributed by atoms with van der Waals surface area (Å²) in [5, 5.41) is 0. The van der Waals surface area contributed by atoms with Crippen LogP contribution in [-0.4, -0.2) is 14.4 Å². The number of imidazole rings is 1. The van der Waals surface area contributed by atoms with E-state index in [0.29, 0.717) is 11.8 Å². The van der Waals surface area contributed by atoms with Gasteiger partial charge in [-0.2, -0.15) is 18.2 Å². The zero-order valence-corrected chi connectivity index (χ0v) is 15.0. The van der Waals surface area contributed by atoms with Gasteiger partial charge in [0.15, 0.2) is 17.4 Å². The lowest BCUT2D eigenvalue weighted by molar-refractivity contribution is -0.137. The molecule has 4 rings (SSSR count). The molecule has 0 spiro atoms. The van der Waals surface area contributed by atoms with E-state index in [1.807, 2.05) is 0 Å². The third-order valence-corrected chi connectivity index (χ3v) is 4.06. The molecule has 0 aliphatic carbocycles. The van der Waals surface area contributed by atoms with Gasteiger partial charge < -0.3 is 9.47 Å². The molecule has 0 amide bonds. The first-order valence-corrected chi connectivity index (χ1v) is 8.55. The molecule has 30 heavy (non-hydrogen) atoms. The van der Waals surface area contributed by atoms with Crippen molar-refractivity contribution in [2.75, 3.05) is 0 Å². The van der Waals surface area contributed by atoms with E-state index in [9.17, 15) is 22.0 Å². The van der Waals surface area contributed by atoms with E-state index >= 15 is 0 Å². The Hall–Kier alpha value is -3.69.